The van der Waals surface area contributed by atoms with Crippen molar-refractivity contribution < 1.29 is 17.3 Å². The van der Waals surface area contributed by atoms with Gasteiger partial charge in [-0.15, -0.1) is 11.6 Å². The zero-order valence-corrected chi connectivity index (χ0v) is 13.7. The Morgan fingerprint density at radius 1 is 1.05 bits per heavy atom. The fourth-order valence-corrected chi connectivity index (χ4v) is 2.90. The molecule has 0 fully saturated rings. The minimum Gasteiger partial charge on any atom is -0.493 e. The van der Waals surface area contributed by atoms with Gasteiger partial charge in [0.25, 0.3) is 0 Å². The molecule has 0 unspecified atom stereocenters. The molecule has 0 radical (unpaired) electrons. The van der Waals surface area contributed by atoms with E-state index in [0.717, 1.165) is 5.56 Å². The molecule has 2 aromatic rings. The van der Waals surface area contributed by atoms with Crippen molar-refractivity contribution in [2.45, 2.75) is 18.2 Å². The summed E-state index contributed by atoms with van der Waals surface area (Å²) >= 11 is 5.60. The van der Waals surface area contributed by atoms with Gasteiger partial charge in [-0.2, -0.15) is 8.42 Å². The smallest absolute Gasteiger partial charge is 0.339 e. The van der Waals surface area contributed by atoms with Crippen LogP contribution in [-0.2, 0) is 10.1 Å². The first-order valence-corrected chi connectivity index (χ1v) is 8.75. The number of halogens is 1. The van der Waals surface area contributed by atoms with Crippen molar-refractivity contribution in [2.24, 2.45) is 0 Å². The van der Waals surface area contributed by atoms with Gasteiger partial charge in [-0.05, 0) is 43.2 Å². The van der Waals surface area contributed by atoms with E-state index in [1.165, 1.54) is 12.1 Å². The summed E-state index contributed by atoms with van der Waals surface area (Å²) in [5.41, 5.74) is 0.849. The number of hydrogen-bond donors (Lipinski definition) is 0. The lowest BCUT2D eigenvalue weighted by Gasteiger charge is -2.11. The van der Waals surface area contributed by atoms with Crippen LogP contribution in [0.15, 0.2) is 53.4 Å². The fourth-order valence-electron chi connectivity index (χ4n) is 1.85. The summed E-state index contributed by atoms with van der Waals surface area (Å²) < 4.78 is 35.1. The molecule has 0 saturated carbocycles. The van der Waals surface area contributed by atoms with E-state index in [4.69, 9.17) is 20.5 Å². The third kappa shape index (κ3) is 4.64. The molecule has 4 nitrogen and oxygen atoms in total. The molecule has 0 aliphatic carbocycles. The molecule has 0 aromatic heterocycles. The third-order valence-electron chi connectivity index (χ3n) is 2.81. The van der Waals surface area contributed by atoms with Crippen molar-refractivity contribution in [3.05, 3.63) is 54.1 Å². The van der Waals surface area contributed by atoms with E-state index in [2.05, 4.69) is 0 Å². The Labute approximate surface area is 135 Å². The van der Waals surface area contributed by atoms with Gasteiger partial charge in [0.2, 0.25) is 0 Å². The van der Waals surface area contributed by atoms with Gasteiger partial charge in [0.1, 0.15) is 16.4 Å². The maximum Gasteiger partial charge on any atom is 0.339 e. The summed E-state index contributed by atoms with van der Waals surface area (Å²) in [6, 6.07) is 13.0. The van der Waals surface area contributed by atoms with Crippen LogP contribution in [0.1, 0.15) is 12.0 Å². The van der Waals surface area contributed by atoms with Gasteiger partial charge in [-0.3, -0.25) is 0 Å². The minimum absolute atomic E-state index is 0.112. The maximum absolute atomic E-state index is 12.2. The molecule has 118 valence electrons. The predicted molar refractivity (Wildman–Crippen MR) is 86.3 cm³/mol. The van der Waals surface area contributed by atoms with Crippen molar-refractivity contribution in [3.63, 3.8) is 0 Å². The third-order valence-corrected chi connectivity index (χ3v) is 4.34. The summed E-state index contributed by atoms with van der Waals surface area (Å²) in [5, 5.41) is 0. The summed E-state index contributed by atoms with van der Waals surface area (Å²) in [4.78, 5) is 0.112. The highest BCUT2D eigenvalue weighted by molar-refractivity contribution is 7.87. The fraction of sp³-hybridized carbons (Fsp3) is 0.250. The van der Waals surface area contributed by atoms with Gasteiger partial charge < -0.3 is 8.92 Å². The van der Waals surface area contributed by atoms with E-state index in [1.54, 1.807) is 30.3 Å². The highest BCUT2D eigenvalue weighted by Gasteiger charge is 2.16. The standard InChI is InChI=1S/C16H17ClO4S/c1-13-10-14(20-9-5-8-17)12-15(11-13)21-22(18,19)16-6-3-2-4-7-16/h2-4,6-7,10-12H,5,8-9H2,1H3. The number of alkyl halides is 1. The van der Waals surface area contributed by atoms with E-state index in [0.29, 0.717) is 24.7 Å². The van der Waals surface area contributed by atoms with Crippen LogP contribution >= 0.6 is 11.6 Å². The minimum atomic E-state index is -3.85. The lowest BCUT2D eigenvalue weighted by atomic mass is 10.2. The zero-order valence-electron chi connectivity index (χ0n) is 12.2. The van der Waals surface area contributed by atoms with Crippen LogP contribution < -0.4 is 8.92 Å². The second-order valence-corrected chi connectivity index (χ2v) is 6.65. The molecule has 0 bridgehead atoms. The lowest BCUT2D eigenvalue weighted by Crippen LogP contribution is -2.09. The molecule has 0 saturated heterocycles. The Kier molecular flexibility index (Phi) is 5.69. The van der Waals surface area contributed by atoms with Gasteiger partial charge in [0.05, 0.1) is 6.61 Å². The SMILES string of the molecule is Cc1cc(OCCCCl)cc(OS(=O)(=O)c2ccccc2)c1. The van der Waals surface area contributed by atoms with Crippen LogP contribution in [0.3, 0.4) is 0 Å². The average Bonchev–Trinajstić information content (AvgIpc) is 2.47. The summed E-state index contributed by atoms with van der Waals surface area (Å²) in [6.07, 6.45) is 0.716. The summed E-state index contributed by atoms with van der Waals surface area (Å²) in [6.45, 7) is 2.31. The predicted octanol–water partition coefficient (Wildman–Crippen LogP) is 3.77. The first-order valence-electron chi connectivity index (χ1n) is 6.81. The number of hydrogen-bond acceptors (Lipinski definition) is 4. The molecule has 0 spiro atoms. The second-order valence-electron chi connectivity index (χ2n) is 4.72. The molecule has 0 aliphatic rings. The van der Waals surface area contributed by atoms with Crippen LogP contribution in [0.5, 0.6) is 11.5 Å². The van der Waals surface area contributed by atoms with Crippen LogP contribution in [0.4, 0.5) is 0 Å². The monoisotopic (exact) mass is 340 g/mol. The van der Waals surface area contributed by atoms with Crippen molar-refractivity contribution in [1.82, 2.24) is 0 Å². The Balaban J connectivity index is 2.19. The van der Waals surface area contributed by atoms with Crippen LogP contribution in [-0.4, -0.2) is 20.9 Å². The first-order chi connectivity index (χ1) is 10.5. The Hall–Kier alpha value is -1.72. The van der Waals surface area contributed by atoms with Crippen LogP contribution in [0, 0.1) is 6.92 Å². The topological polar surface area (TPSA) is 52.6 Å². The highest BCUT2D eigenvalue weighted by Crippen LogP contribution is 2.25. The number of aryl methyl sites for hydroxylation is 1. The largest absolute Gasteiger partial charge is 0.493 e. The van der Waals surface area contributed by atoms with Crippen molar-refractivity contribution in [2.75, 3.05) is 12.5 Å². The van der Waals surface area contributed by atoms with Crippen LogP contribution in [0.25, 0.3) is 0 Å². The quantitative estimate of drug-likeness (QED) is 0.437. The molecule has 6 heteroatoms. The number of benzene rings is 2. The molecule has 2 rings (SSSR count). The van der Waals surface area contributed by atoms with E-state index >= 15 is 0 Å². The normalized spacial score (nSPS) is 11.2. The maximum atomic E-state index is 12.2. The Morgan fingerprint density at radius 2 is 1.73 bits per heavy atom. The molecule has 22 heavy (non-hydrogen) atoms. The van der Waals surface area contributed by atoms with Gasteiger partial charge >= 0.3 is 10.1 Å². The van der Waals surface area contributed by atoms with Gasteiger partial charge in [-0.1, -0.05) is 18.2 Å². The van der Waals surface area contributed by atoms with E-state index in [1.807, 2.05) is 13.0 Å². The van der Waals surface area contributed by atoms with Gasteiger partial charge in [0, 0.05) is 11.9 Å². The summed E-state index contributed by atoms with van der Waals surface area (Å²) in [7, 11) is -3.85. The molecule has 0 heterocycles. The summed E-state index contributed by atoms with van der Waals surface area (Å²) in [5.74, 6) is 1.30. The molecule has 0 amide bonds. The highest BCUT2D eigenvalue weighted by atomic mass is 35.5. The van der Waals surface area contributed by atoms with Crippen LogP contribution in [0.2, 0.25) is 0 Å². The van der Waals surface area contributed by atoms with E-state index in [9.17, 15) is 8.42 Å². The average molecular weight is 341 g/mol. The first kappa shape index (κ1) is 16.6. The Bertz CT molecular complexity index is 714. The molecule has 2 aromatic carbocycles. The second kappa shape index (κ2) is 7.51. The zero-order chi connectivity index (χ0) is 16.0. The van der Waals surface area contributed by atoms with Crippen molar-refractivity contribution in [3.8, 4) is 11.5 Å². The van der Waals surface area contributed by atoms with Crippen molar-refractivity contribution >= 4 is 21.7 Å². The lowest BCUT2D eigenvalue weighted by molar-refractivity contribution is 0.317. The molecule has 0 aliphatic heterocycles. The van der Waals surface area contributed by atoms with Gasteiger partial charge in [-0.25, -0.2) is 0 Å². The number of ether oxygens (including phenoxy) is 1. The van der Waals surface area contributed by atoms with Crippen molar-refractivity contribution in [1.29, 1.82) is 0 Å². The van der Waals surface area contributed by atoms with Gasteiger partial charge in [0.15, 0.2) is 0 Å². The number of rotatable bonds is 7. The molecule has 0 N–H and O–H groups in total. The molecule has 0 atom stereocenters. The molecular weight excluding hydrogens is 324 g/mol. The van der Waals surface area contributed by atoms with E-state index < -0.39 is 10.1 Å². The molecular formula is C16H17ClO4S. The Morgan fingerprint density at radius 3 is 2.41 bits per heavy atom. The van der Waals surface area contributed by atoms with E-state index in [-0.39, 0.29) is 10.6 Å².